The summed E-state index contributed by atoms with van der Waals surface area (Å²) in [6.07, 6.45) is 0.547. The molecule has 0 fully saturated rings. The molecule has 0 heterocycles. The number of nitrogens with one attached hydrogen (secondary N) is 2. The zero-order valence-electron chi connectivity index (χ0n) is 11.3. The number of nitrogens with zero attached hydrogens (tertiary/aromatic N) is 1. The SMILES string of the molecule is CNC(=O)NC(=O)C(C)N(CCC(N)=S)C(C)C. The Hall–Kier alpha value is -1.21. The lowest BCUT2D eigenvalue weighted by molar-refractivity contribution is -0.125. The summed E-state index contributed by atoms with van der Waals surface area (Å²) in [5.74, 6) is -0.342. The number of hydrogen-bond acceptors (Lipinski definition) is 4. The van der Waals surface area contributed by atoms with Crippen molar-refractivity contribution in [2.75, 3.05) is 13.6 Å². The summed E-state index contributed by atoms with van der Waals surface area (Å²) in [5.41, 5.74) is 5.46. The van der Waals surface area contributed by atoms with Crippen LogP contribution in [-0.2, 0) is 4.79 Å². The fourth-order valence-corrected chi connectivity index (χ4v) is 1.66. The Labute approximate surface area is 113 Å². The van der Waals surface area contributed by atoms with Crippen LogP contribution in [0, 0.1) is 0 Å². The van der Waals surface area contributed by atoms with Crippen LogP contribution in [0.1, 0.15) is 27.2 Å². The van der Waals surface area contributed by atoms with Gasteiger partial charge in [-0.1, -0.05) is 12.2 Å². The first-order valence-electron chi connectivity index (χ1n) is 5.86. The molecule has 4 N–H and O–H groups in total. The van der Waals surface area contributed by atoms with Gasteiger partial charge in [0.05, 0.1) is 11.0 Å². The number of carbonyl (C=O) groups excluding carboxylic acids is 2. The first-order valence-corrected chi connectivity index (χ1v) is 6.27. The van der Waals surface area contributed by atoms with E-state index in [1.54, 1.807) is 6.92 Å². The Morgan fingerprint density at radius 1 is 1.33 bits per heavy atom. The van der Waals surface area contributed by atoms with E-state index in [4.69, 9.17) is 18.0 Å². The Kier molecular flexibility index (Phi) is 7.45. The first-order chi connectivity index (χ1) is 8.29. The molecular weight excluding hydrogens is 252 g/mol. The largest absolute Gasteiger partial charge is 0.393 e. The quantitative estimate of drug-likeness (QED) is 0.603. The first kappa shape index (κ1) is 16.8. The number of amides is 3. The van der Waals surface area contributed by atoms with Crippen LogP contribution in [0.5, 0.6) is 0 Å². The molecule has 104 valence electrons. The van der Waals surface area contributed by atoms with Crippen molar-refractivity contribution in [2.24, 2.45) is 5.73 Å². The molecular formula is C11H22N4O2S. The molecule has 0 aliphatic heterocycles. The maximum absolute atomic E-state index is 11.8. The fraction of sp³-hybridized carbons (Fsp3) is 0.727. The van der Waals surface area contributed by atoms with Crippen molar-refractivity contribution in [3.05, 3.63) is 0 Å². The molecule has 0 rings (SSSR count). The molecule has 0 aliphatic carbocycles. The lowest BCUT2D eigenvalue weighted by Gasteiger charge is -2.31. The van der Waals surface area contributed by atoms with E-state index in [0.29, 0.717) is 18.0 Å². The smallest absolute Gasteiger partial charge is 0.321 e. The van der Waals surface area contributed by atoms with Crippen LogP contribution in [0.3, 0.4) is 0 Å². The topological polar surface area (TPSA) is 87.5 Å². The highest BCUT2D eigenvalue weighted by Gasteiger charge is 2.24. The number of thiocarbonyl (C=S) groups is 1. The summed E-state index contributed by atoms with van der Waals surface area (Å²) in [6.45, 7) is 6.29. The molecule has 6 nitrogen and oxygen atoms in total. The molecule has 18 heavy (non-hydrogen) atoms. The van der Waals surface area contributed by atoms with Crippen molar-refractivity contribution in [1.82, 2.24) is 15.5 Å². The number of urea groups is 1. The summed E-state index contributed by atoms with van der Waals surface area (Å²) >= 11 is 4.83. The van der Waals surface area contributed by atoms with Crippen LogP contribution < -0.4 is 16.4 Å². The molecule has 1 atom stereocenters. The summed E-state index contributed by atoms with van der Waals surface area (Å²) < 4.78 is 0. The summed E-state index contributed by atoms with van der Waals surface area (Å²) in [5, 5.41) is 4.60. The van der Waals surface area contributed by atoms with Crippen molar-refractivity contribution in [1.29, 1.82) is 0 Å². The third-order valence-corrected chi connectivity index (χ3v) is 2.82. The van der Waals surface area contributed by atoms with Crippen molar-refractivity contribution >= 4 is 29.1 Å². The van der Waals surface area contributed by atoms with E-state index in [1.807, 2.05) is 18.7 Å². The minimum Gasteiger partial charge on any atom is -0.393 e. The van der Waals surface area contributed by atoms with Gasteiger partial charge in [-0.05, 0) is 20.8 Å². The summed E-state index contributed by atoms with van der Waals surface area (Å²) in [4.78, 5) is 25.3. The molecule has 0 aromatic carbocycles. The standard InChI is InChI=1S/C11H22N4O2S/c1-7(2)15(6-5-9(12)18)8(3)10(16)14-11(17)13-4/h7-8H,5-6H2,1-4H3,(H2,12,18)(H2,13,14,16,17). The summed E-state index contributed by atoms with van der Waals surface area (Å²) in [7, 11) is 1.46. The van der Waals surface area contributed by atoms with Crippen LogP contribution in [-0.4, -0.2) is 47.5 Å². The Morgan fingerprint density at radius 3 is 2.28 bits per heavy atom. The number of imide groups is 1. The molecule has 0 saturated carbocycles. The predicted octanol–water partition coefficient (Wildman–Crippen LogP) is 0.217. The van der Waals surface area contributed by atoms with Gasteiger partial charge in [0.2, 0.25) is 5.91 Å². The van der Waals surface area contributed by atoms with Crippen molar-refractivity contribution < 1.29 is 9.59 Å². The van der Waals surface area contributed by atoms with E-state index in [9.17, 15) is 9.59 Å². The van der Waals surface area contributed by atoms with Crippen molar-refractivity contribution in [3.8, 4) is 0 Å². The van der Waals surface area contributed by atoms with E-state index in [-0.39, 0.29) is 11.9 Å². The molecule has 0 bridgehead atoms. The van der Waals surface area contributed by atoms with Gasteiger partial charge >= 0.3 is 6.03 Å². The predicted molar refractivity (Wildman–Crippen MR) is 75.3 cm³/mol. The van der Waals surface area contributed by atoms with Gasteiger partial charge in [-0.3, -0.25) is 15.0 Å². The maximum Gasteiger partial charge on any atom is 0.321 e. The number of carbonyl (C=O) groups is 2. The second kappa shape index (κ2) is 7.99. The van der Waals surface area contributed by atoms with E-state index in [1.165, 1.54) is 7.05 Å². The number of nitrogens with two attached hydrogens (primary N) is 1. The average molecular weight is 274 g/mol. The van der Waals surface area contributed by atoms with Gasteiger partial charge in [-0.15, -0.1) is 0 Å². The van der Waals surface area contributed by atoms with Crippen LogP contribution >= 0.6 is 12.2 Å². The van der Waals surface area contributed by atoms with Gasteiger partial charge in [-0.25, -0.2) is 4.79 Å². The monoisotopic (exact) mass is 274 g/mol. The summed E-state index contributed by atoms with van der Waals surface area (Å²) in [6, 6.07) is -0.772. The second-order valence-corrected chi connectivity index (χ2v) is 4.82. The minimum absolute atomic E-state index is 0.157. The fourth-order valence-electron chi connectivity index (χ4n) is 1.57. The van der Waals surface area contributed by atoms with Crippen LogP contribution in [0.25, 0.3) is 0 Å². The lowest BCUT2D eigenvalue weighted by atomic mass is 10.2. The molecule has 0 saturated heterocycles. The van der Waals surface area contributed by atoms with Gasteiger partial charge in [0.1, 0.15) is 0 Å². The maximum atomic E-state index is 11.8. The van der Waals surface area contributed by atoms with E-state index in [0.717, 1.165) is 0 Å². The van der Waals surface area contributed by atoms with Crippen LogP contribution in [0.15, 0.2) is 0 Å². The van der Waals surface area contributed by atoms with Crippen molar-refractivity contribution in [2.45, 2.75) is 39.3 Å². The number of rotatable bonds is 6. The molecule has 3 amide bonds. The second-order valence-electron chi connectivity index (χ2n) is 4.29. The van der Waals surface area contributed by atoms with Gasteiger partial charge in [0.25, 0.3) is 0 Å². The Bertz CT molecular complexity index is 320. The highest BCUT2D eigenvalue weighted by molar-refractivity contribution is 7.80. The van der Waals surface area contributed by atoms with Crippen LogP contribution in [0.2, 0.25) is 0 Å². The van der Waals surface area contributed by atoms with E-state index < -0.39 is 12.1 Å². The van der Waals surface area contributed by atoms with E-state index in [2.05, 4.69) is 10.6 Å². The molecule has 0 aliphatic rings. The zero-order valence-corrected chi connectivity index (χ0v) is 12.1. The van der Waals surface area contributed by atoms with Gasteiger partial charge in [0, 0.05) is 26.1 Å². The highest BCUT2D eigenvalue weighted by atomic mass is 32.1. The van der Waals surface area contributed by atoms with Gasteiger partial charge in [0.15, 0.2) is 0 Å². The van der Waals surface area contributed by atoms with Gasteiger partial charge in [-0.2, -0.15) is 0 Å². The van der Waals surface area contributed by atoms with Crippen molar-refractivity contribution in [3.63, 3.8) is 0 Å². The minimum atomic E-state index is -0.509. The average Bonchev–Trinajstić information content (AvgIpc) is 2.27. The Morgan fingerprint density at radius 2 is 1.89 bits per heavy atom. The normalized spacial score (nSPS) is 12.3. The molecule has 0 radical (unpaired) electrons. The third-order valence-electron chi connectivity index (χ3n) is 2.62. The molecule has 0 aromatic rings. The zero-order chi connectivity index (χ0) is 14.3. The number of hydrogen-bond donors (Lipinski definition) is 3. The molecule has 0 spiro atoms. The Balaban J connectivity index is 4.54. The van der Waals surface area contributed by atoms with Gasteiger partial charge < -0.3 is 11.1 Å². The molecule has 0 aromatic heterocycles. The highest BCUT2D eigenvalue weighted by Crippen LogP contribution is 2.07. The molecule has 7 heteroatoms. The lowest BCUT2D eigenvalue weighted by Crippen LogP contribution is -2.51. The molecule has 1 unspecified atom stereocenters. The van der Waals surface area contributed by atoms with E-state index >= 15 is 0 Å². The van der Waals surface area contributed by atoms with Crippen LogP contribution in [0.4, 0.5) is 4.79 Å². The third kappa shape index (κ3) is 5.92.